The fourth-order valence-electron chi connectivity index (χ4n) is 4.93. The van der Waals surface area contributed by atoms with E-state index in [9.17, 15) is 9.59 Å². The largest absolute Gasteiger partial charge is 0.398 e. The Morgan fingerprint density at radius 1 is 0.562 bits per heavy atom. The van der Waals surface area contributed by atoms with Crippen molar-refractivity contribution < 1.29 is 9.59 Å². The molecular weight excluding hydrogens is 635 g/mol. The van der Waals surface area contributed by atoms with Crippen molar-refractivity contribution in [1.82, 2.24) is 4.98 Å². The molecule has 0 atom stereocenters. The molecule has 6 heteroatoms. The Kier molecular flexibility index (Phi) is 11.5. The molecule has 0 unspecified atom stereocenters. The van der Waals surface area contributed by atoms with E-state index in [-0.39, 0.29) is 11.6 Å². The molecule has 7 rings (SSSR count). The number of nitrogens with zero attached hydrogens (tertiary/aromatic N) is 1. The predicted octanol–water partition coefficient (Wildman–Crippen LogP) is 11.3. The van der Waals surface area contributed by atoms with Gasteiger partial charge in [-0.15, -0.1) is 0 Å². The molecule has 0 fully saturated rings. The monoisotopic (exact) mass is 666 g/mol. The number of aromatic nitrogens is 1. The van der Waals surface area contributed by atoms with Gasteiger partial charge in [0.2, 0.25) is 0 Å². The number of rotatable bonds is 5. The molecular formula is C42H32Cl2N2O2. The summed E-state index contributed by atoms with van der Waals surface area (Å²) in [5.74, 6) is 0.0327. The lowest BCUT2D eigenvalue weighted by Crippen LogP contribution is -2.04. The molecule has 6 aromatic carbocycles. The van der Waals surface area contributed by atoms with E-state index >= 15 is 0 Å². The van der Waals surface area contributed by atoms with E-state index in [4.69, 9.17) is 33.9 Å². The number of carbonyl (C=O) groups is 2. The third-order valence-electron chi connectivity index (χ3n) is 7.43. The Bertz CT molecular complexity index is 2130. The topological polar surface area (TPSA) is 73.1 Å². The minimum Gasteiger partial charge on any atom is -0.398 e. The second kappa shape index (κ2) is 16.3. The lowest BCUT2D eigenvalue weighted by Gasteiger charge is -2.10. The van der Waals surface area contributed by atoms with Crippen LogP contribution in [0.5, 0.6) is 0 Å². The van der Waals surface area contributed by atoms with Gasteiger partial charge in [0, 0.05) is 43.4 Å². The van der Waals surface area contributed by atoms with Crippen LogP contribution in [0.1, 0.15) is 33.2 Å². The summed E-state index contributed by atoms with van der Waals surface area (Å²) in [4.78, 5) is 27.5. The molecule has 1 heterocycles. The average Bonchev–Trinajstić information content (AvgIpc) is 3.13. The summed E-state index contributed by atoms with van der Waals surface area (Å²) < 4.78 is 0. The van der Waals surface area contributed by atoms with Gasteiger partial charge in [0.1, 0.15) is 0 Å². The zero-order valence-electron chi connectivity index (χ0n) is 26.2. The zero-order chi connectivity index (χ0) is 33.9. The molecule has 1 aromatic heterocycles. The van der Waals surface area contributed by atoms with Crippen LogP contribution in [0.15, 0.2) is 164 Å². The molecule has 0 amide bonds. The number of hydrogen-bond donors (Lipinski definition) is 1. The van der Waals surface area contributed by atoms with Gasteiger partial charge in [-0.25, -0.2) is 4.98 Å². The molecule has 4 nitrogen and oxygen atoms in total. The standard InChI is InChI=1S/C21H14ClN.C13H10ClNO.C8H8O/c22-17-12-10-15(11-13-17)19-14-21(16-6-2-1-3-7-16)23-20-9-5-4-8-18(19)20;14-10-7-5-9(6-8-10)13(16)11-3-1-2-4-12(11)15;1-7(9)8-5-3-2-4-6-8/h1-14H;1-8H,15H2;2-6H,1H3. The van der Waals surface area contributed by atoms with Crippen molar-refractivity contribution in [2.75, 3.05) is 5.73 Å². The molecule has 236 valence electrons. The van der Waals surface area contributed by atoms with E-state index in [2.05, 4.69) is 42.5 Å². The van der Waals surface area contributed by atoms with Crippen molar-refractivity contribution in [3.05, 3.63) is 191 Å². The molecule has 0 saturated carbocycles. The van der Waals surface area contributed by atoms with Crippen molar-refractivity contribution in [2.45, 2.75) is 6.92 Å². The maximum Gasteiger partial charge on any atom is 0.195 e. The molecule has 0 saturated heterocycles. The van der Waals surface area contributed by atoms with Gasteiger partial charge < -0.3 is 5.73 Å². The van der Waals surface area contributed by atoms with Gasteiger partial charge in [0.15, 0.2) is 11.6 Å². The Labute approximate surface area is 290 Å². The highest BCUT2D eigenvalue weighted by molar-refractivity contribution is 6.31. The van der Waals surface area contributed by atoms with Gasteiger partial charge in [-0.05, 0) is 78.7 Å². The highest BCUT2D eigenvalue weighted by Crippen LogP contribution is 2.32. The Morgan fingerprint density at radius 3 is 1.71 bits per heavy atom. The van der Waals surface area contributed by atoms with Crippen LogP contribution in [-0.2, 0) is 0 Å². The summed E-state index contributed by atoms with van der Waals surface area (Å²) in [6, 6.07) is 51.6. The number of ketones is 2. The molecule has 2 N–H and O–H groups in total. The molecule has 48 heavy (non-hydrogen) atoms. The first kappa shape index (κ1) is 33.8. The Hall–Kier alpha value is -5.55. The number of halogens is 2. The molecule has 7 aromatic rings. The smallest absolute Gasteiger partial charge is 0.195 e. The second-order valence-corrected chi connectivity index (χ2v) is 11.7. The number of nitrogens with two attached hydrogens (primary N) is 1. The summed E-state index contributed by atoms with van der Waals surface area (Å²) in [5, 5.41) is 2.50. The first-order valence-electron chi connectivity index (χ1n) is 15.2. The third kappa shape index (κ3) is 8.83. The number of para-hydroxylation sites is 2. The maximum absolute atomic E-state index is 12.1. The van der Waals surface area contributed by atoms with Crippen LogP contribution < -0.4 is 5.73 Å². The van der Waals surface area contributed by atoms with E-state index in [1.807, 2.05) is 72.8 Å². The molecule has 0 radical (unpaired) electrons. The van der Waals surface area contributed by atoms with Crippen LogP contribution >= 0.6 is 23.2 Å². The van der Waals surface area contributed by atoms with Crippen LogP contribution in [0.2, 0.25) is 10.0 Å². The van der Waals surface area contributed by atoms with Gasteiger partial charge in [-0.3, -0.25) is 9.59 Å². The fraction of sp³-hybridized carbons (Fsp3) is 0.0238. The van der Waals surface area contributed by atoms with Crippen LogP contribution in [-0.4, -0.2) is 16.6 Å². The summed E-state index contributed by atoms with van der Waals surface area (Å²) in [6.45, 7) is 1.56. The van der Waals surface area contributed by atoms with Gasteiger partial charge in [0.05, 0.1) is 11.2 Å². The van der Waals surface area contributed by atoms with Crippen LogP contribution in [0, 0.1) is 0 Å². The highest BCUT2D eigenvalue weighted by Gasteiger charge is 2.11. The highest BCUT2D eigenvalue weighted by atomic mass is 35.5. The zero-order valence-corrected chi connectivity index (χ0v) is 27.7. The number of nitrogen functional groups attached to an aromatic ring is 1. The lowest BCUT2D eigenvalue weighted by atomic mass is 9.98. The molecule has 0 spiro atoms. The normalized spacial score (nSPS) is 10.2. The molecule has 0 bridgehead atoms. The number of benzene rings is 6. The van der Waals surface area contributed by atoms with Crippen molar-refractivity contribution in [1.29, 1.82) is 0 Å². The molecule has 0 aliphatic carbocycles. The van der Waals surface area contributed by atoms with Gasteiger partial charge >= 0.3 is 0 Å². The quantitative estimate of drug-likeness (QED) is 0.146. The van der Waals surface area contributed by atoms with Crippen molar-refractivity contribution in [2.24, 2.45) is 0 Å². The number of Topliss-reactive ketones (excluding diaryl/α,β-unsaturated/α-hetero) is 1. The van der Waals surface area contributed by atoms with Gasteiger partial charge in [0.25, 0.3) is 0 Å². The third-order valence-corrected chi connectivity index (χ3v) is 7.94. The average molecular weight is 668 g/mol. The summed E-state index contributed by atoms with van der Waals surface area (Å²) in [5.41, 5.74) is 13.5. The summed E-state index contributed by atoms with van der Waals surface area (Å²) in [6.07, 6.45) is 0. The number of hydrogen-bond acceptors (Lipinski definition) is 4. The SMILES string of the molecule is CC(=O)c1ccccc1.Clc1ccc(-c2cc(-c3ccccc3)nc3ccccc23)cc1.Nc1ccccc1C(=O)c1ccc(Cl)cc1. The van der Waals surface area contributed by atoms with E-state index in [1.54, 1.807) is 55.5 Å². The lowest BCUT2D eigenvalue weighted by molar-refractivity contribution is 0.101. The minimum absolute atomic E-state index is 0.0882. The van der Waals surface area contributed by atoms with E-state index < -0.39 is 0 Å². The van der Waals surface area contributed by atoms with Gasteiger partial charge in [-0.1, -0.05) is 126 Å². The first-order valence-corrected chi connectivity index (χ1v) is 16.0. The van der Waals surface area contributed by atoms with Crippen LogP contribution in [0.3, 0.4) is 0 Å². The summed E-state index contributed by atoms with van der Waals surface area (Å²) in [7, 11) is 0. The first-order chi connectivity index (χ1) is 23.3. The number of fused-ring (bicyclic) bond motifs is 1. The van der Waals surface area contributed by atoms with E-state index in [1.165, 1.54) is 5.56 Å². The van der Waals surface area contributed by atoms with E-state index in [0.717, 1.165) is 38.3 Å². The number of carbonyl (C=O) groups excluding carboxylic acids is 2. The number of pyridine rings is 1. The van der Waals surface area contributed by atoms with Crippen molar-refractivity contribution in [3.63, 3.8) is 0 Å². The molecule has 0 aliphatic heterocycles. The summed E-state index contributed by atoms with van der Waals surface area (Å²) >= 11 is 11.8. The minimum atomic E-state index is -0.0882. The molecule has 0 aliphatic rings. The Balaban J connectivity index is 0.000000156. The fourth-order valence-corrected chi connectivity index (χ4v) is 5.19. The number of anilines is 1. The Morgan fingerprint density at radius 2 is 1.10 bits per heavy atom. The van der Waals surface area contributed by atoms with E-state index in [0.29, 0.717) is 21.8 Å². The second-order valence-electron chi connectivity index (χ2n) is 10.8. The maximum atomic E-state index is 12.1. The van der Waals surface area contributed by atoms with Crippen LogP contribution in [0.4, 0.5) is 5.69 Å². The predicted molar refractivity (Wildman–Crippen MR) is 200 cm³/mol. The van der Waals surface area contributed by atoms with Gasteiger partial charge in [-0.2, -0.15) is 0 Å². The van der Waals surface area contributed by atoms with Crippen molar-refractivity contribution in [3.8, 4) is 22.4 Å². The van der Waals surface area contributed by atoms with Crippen LogP contribution in [0.25, 0.3) is 33.3 Å². The van der Waals surface area contributed by atoms with Crippen molar-refractivity contribution >= 4 is 51.4 Å².